The second-order valence-electron chi connectivity index (χ2n) is 6.27. The fourth-order valence-corrected chi connectivity index (χ4v) is 5.60. The SMILES string of the molecule is c1ccc2c(c1)SCCc1sc(NCC3CCCCC3)nc1-2. The minimum atomic E-state index is 0.847. The highest BCUT2D eigenvalue weighted by Gasteiger charge is 2.20. The molecule has 0 bridgehead atoms. The molecule has 116 valence electrons. The first-order valence-electron chi connectivity index (χ1n) is 8.36. The molecule has 0 radical (unpaired) electrons. The number of thiazole rings is 1. The number of thioether (sulfide) groups is 1. The van der Waals surface area contributed by atoms with E-state index in [9.17, 15) is 0 Å². The Hall–Kier alpha value is -1.00. The number of benzene rings is 1. The molecule has 0 atom stereocenters. The zero-order valence-electron chi connectivity index (χ0n) is 12.8. The van der Waals surface area contributed by atoms with Crippen molar-refractivity contribution in [2.24, 2.45) is 5.92 Å². The molecule has 1 aromatic heterocycles. The van der Waals surface area contributed by atoms with Gasteiger partial charge >= 0.3 is 0 Å². The Morgan fingerprint density at radius 3 is 2.91 bits per heavy atom. The number of nitrogens with zero attached hydrogens (tertiary/aromatic N) is 1. The van der Waals surface area contributed by atoms with Crippen molar-refractivity contribution in [3.05, 3.63) is 29.1 Å². The van der Waals surface area contributed by atoms with E-state index in [1.165, 1.54) is 53.1 Å². The molecule has 0 unspecified atom stereocenters. The molecule has 0 saturated heterocycles. The third kappa shape index (κ3) is 3.04. The number of fused-ring (bicyclic) bond motifs is 3. The molecule has 1 fully saturated rings. The fraction of sp³-hybridized carbons (Fsp3) is 0.500. The summed E-state index contributed by atoms with van der Waals surface area (Å²) in [6.45, 7) is 1.10. The Morgan fingerprint density at radius 2 is 2.00 bits per heavy atom. The average Bonchev–Trinajstić information content (AvgIpc) is 2.90. The van der Waals surface area contributed by atoms with Crippen LogP contribution in [0.1, 0.15) is 37.0 Å². The van der Waals surface area contributed by atoms with Gasteiger partial charge in [-0.05, 0) is 31.2 Å². The Labute approximate surface area is 140 Å². The highest BCUT2D eigenvalue weighted by Crippen LogP contribution is 2.40. The van der Waals surface area contributed by atoms with E-state index in [4.69, 9.17) is 4.98 Å². The summed E-state index contributed by atoms with van der Waals surface area (Å²) in [7, 11) is 0. The van der Waals surface area contributed by atoms with Crippen LogP contribution < -0.4 is 5.32 Å². The maximum Gasteiger partial charge on any atom is 0.183 e. The van der Waals surface area contributed by atoms with Gasteiger partial charge < -0.3 is 5.32 Å². The van der Waals surface area contributed by atoms with Crippen molar-refractivity contribution in [3.63, 3.8) is 0 Å². The van der Waals surface area contributed by atoms with Crippen LogP contribution in [0.4, 0.5) is 5.13 Å². The number of aryl methyl sites for hydroxylation is 1. The summed E-state index contributed by atoms with van der Waals surface area (Å²) in [4.78, 5) is 7.76. The minimum absolute atomic E-state index is 0.847. The molecule has 2 nitrogen and oxygen atoms in total. The van der Waals surface area contributed by atoms with E-state index in [1.54, 1.807) is 0 Å². The van der Waals surface area contributed by atoms with Gasteiger partial charge in [-0.2, -0.15) is 0 Å². The van der Waals surface area contributed by atoms with E-state index < -0.39 is 0 Å². The van der Waals surface area contributed by atoms with Crippen LogP contribution in [0.3, 0.4) is 0 Å². The Morgan fingerprint density at radius 1 is 1.14 bits per heavy atom. The first-order chi connectivity index (χ1) is 10.9. The monoisotopic (exact) mass is 330 g/mol. The molecule has 2 aromatic rings. The lowest BCUT2D eigenvalue weighted by atomic mass is 9.89. The van der Waals surface area contributed by atoms with Gasteiger partial charge in [-0.25, -0.2) is 4.98 Å². The van der Waals surface area contributed by atoms with Gasteiger partial charge in [0.25, 0.3) is 0 Å². The largest absolute Gasteiger partial charge is 0.361 e. The summed E-state index contributed by atoms with van der Waals surface area (Å²) in [5, 5.41) is 4.75. The van der Waals surface area contributed by atoms with Gasteiger partial charge in [0.15, 0.2) is 5.13 Å². The van der Waals surface area contributed by atoms with Crippen LogP contribution in [0.25, 0.3) is 11.3 Å². The number of hydrogen-bond donors (Lipinski definition) is 1. The number of hydrogen-bond acceptors (Lipinski definition) is 4. The second-order valence-corrected chi connectivity index (χ2v) is 8.49. The van der Waals surface area contributed by atoms with E-state index >= 15 is 0 Å². The molecule has 0 spiro atoms. The molecule has 4 heteroatoms. The summed E-state index contributed by atoms with van der Waals surface area (Å²) >= 11 is 3.82. The van der Waals surface area contributed by atoms with Crippen LogP contribution in [0.2, 0.25) is 0 Å². The molecule has 2 aliphatic rings. The Kier molecular flexibility index (Phi) is 4.39. The smallest absolute Gasteiger partial charge is 0.183 e. The predicted molar refractivity (Wildman–Crippen MR) is 97.0 cm³/mol. The molecule has 4 rings (SSSR count). The van der Waals surface area contributed by atoms with Gasteiger partial charge in [-0.15, -0.1) is 23.1 Å². The molecule has 1 aliphatic heterocycles. The third-order valence-electron chi connectivity index (χ3n) is 4.69. The molecule has 1 aromatic carbocycles. The quantitative estimate of drug-likeness (QED) is 0.810. The van der Waals surface area contributed by atoms with Gasteiger partial charge in [-0.3, -0.25) is 0 Å². The lowest BCUT2D eigenvalue weighted by Crippen LogP contribution is -2.16. The fourth-order valence-electron chi connectivity index (χ4n) is 3.47. The number of nitrogens with one attached hydrogen (secondary N) is 1. The summed E-state index contributed by atoms with van der Waals surface area (Å²) in [5.41, 5.74) is 2.54. The standard InChI is InChI=1S/C18H22N2S2/c1-2-6-13(7-3-1)12-19-18-20-17-14-8-4-5-9-15(14)21-11-10-16(17)22-18/h4-5,8-9,13H,1-3,6-7,10-12H2,(H,19,20). The summed E-state index contributed by atoms with van der Waals surface area (Å²) < 4.78 is 0. The topological polar surface area (TPSA) is 24.9 Å². The maximum absolute atomic E-state index is 4.93. The number of rotatable bonds is 3. The van der Waals surface area contributed by atoms with Gasteiger partial charge in [0.2, 0.25) is 0 Å². The molecule has 1 aliphatic carbocycles. The highest BCUT2D eigenvalue weighted by atomic mass is 32.2. The molecule has 0 amide bonds. The van der Waals surface area contributed by atoms with Gasteiger partial charge in [0, 0.05) is 27.6 Å². The van der Waals surface area contributed by atoms with Crippen LogP contribution in [0.15, 0.2) is 29.2 Å². The zero-order chi connectivity index (χ0) is 14.8. The highest BCUT2D eigenvalue weighted by molar-refractivity contribution is 7.99. The summed E-state index contributed by atoms with van der Waals surface area (Å²) in [5.74, 6) is 2.01. The molecule has 22 heavy (non-hydrogen) atoms. The minimum Gasteiger partial charge on any atom is -0.361 e. The first kappa shape index (κ1) is 14.6. The van der Waals surface area contributed by atoms with Crippen LogP contribution in [0.5, 0.6) is 0 Å². The van der Waals surface area contributed by atoms with E-state index in [0.717, 1.165) is 29.8 Å². The van der Waals surface area contributed by atoms with Crippen LogP contribution in [-0.2, 0) is 6.42 Å². The van der Waals surface area contributed by atoms with Crippen LogP contribution >= 0.6 is 23.1 Å². The molecular weight excluding hydrogens is 308 g/mol. The number of anilines is 1. The molecular formula is C18H22N2S2. The van der Waals surface area contributed by atoms with Crippen molar-refractivity contribution >= 4 is 28.2 Å². The van der Waals surface area contributed by atoms with Crippen molar-refractivity contribution < 1.29 is 0 Å². The predicted octanol–water partition coefficient (Wildman–Crippen LogP) is 5.45. The van der Waals surface area contributed by atoms with Crippen molar-refractivity contribution in [3.8, 4) is 11.3 Å². The average molecular weight is 331 g/mol. The second kappa shape index (κ2) is 6.63. The van der Waals surface area contributed by atoms with Crippen LogP contribution in [-0.4, -0.2) is 17.3 Å². The normalized spacial score (nSPS) is 18.4. The summed E-state index contributed by atoms with van der Waals surface area (Å²) in [6.07, 6.45) is 8.15. The van der Waals surface area contributed by atoms with Crippen LogP contribution in [0, 0.1) is 5.92 Å². The summed E-state index contributed by atoms with van der Waals surface area (Å²) in [6, 6.07) is 8.70. The van der Waals surface area contributed by atoms with E-state index in [2.05, 4.69) is 29.6 Å². The van der Waals surface area contributed by atoms with Crippen molar-refractivity contribution in [1.82, 2.24) is 4.98 Å². The Bertz CT molecular complexity index is 644. The molecule has 1 saturated carbocycles. The molecule has 2 heterocycles. The van der Waals surface area contributed by atoms with Gasteiger partial charge in [-0.1, -0.05) is 37.5 Å². The van der Waals surface area contributed by atoms with E-state index in [-0.39, 0.29) is 0 Å². The van der Waals surface area contributed by atoms with Crippen molar-refractivity contribution in [2.75, 3.05) is 17.6 Å². The first-order valence-corrected chi connectivity index (χ1v) is 10.2. The third-order valence-corrected chi connectivity index (χ3v) is 6.84. The van der Waals surface area contributed by atoms with Gasteiger partial charge in [0.1, 0.15) is 0 Å². The Balaban J connectivity index is 1.53. The maximum atomic E-state index is 4.93. The van der Waals surface area contributed by atoms with Gasteiger partial charge in [0.05, 0.1) is 5.69 Å². The zero-order valence-corrected chi connectivity index (χ0v) is 14.4. The lowest BCUT2D eigenvalue weighted by Gasteiger charge is -2.21. The van der Waals surface area contributed by atoms with Crippen molar-refractivity contribution in [2.45, 2.75) is 43.4 Å². The van der Waals surface area contributed by atoms with E-state index in [1.807, 2.05) is 23.1 Å². The van der Waals surface area contributed by atoms with E-state index in [0.29, 0.717) is 0 Å². The lowest BCUT2D eigenvalue weighted by molar-refractivity contribution is 0.373. The number of aromatic nitrogens is 1. The van der Waals surface area contributed by atoms with Crippen molar-refractivity contribution in [1.29, 1.82) is 0 Å². The molecule has 1 N–H and O–H groups in total.